The highest BCUT2D eigenvalue weighted by Gasteiger charge is 2.14. The fourth-order valence-corrected chi connectivity index (χ4v) is 2.58. The van der Waals surface area contributed by atoms with Crippen molar-refractivity contribution < 1.29 is 0 Å². The molecule has 0 atom stereocenters. The summed E-state index contributed by atoms with van der Waals surface area (Å²) in [6, 6.07) is 0.529. The predicted molar refractivity (Wildman–Crippen MR) is 77.9 cm³/mol. The molecule has 1 aromatic rings. The maximum Gasteiger partial charge on any atom is 0.189 e. The number of nitrogens with one attached hydrogen (secondary N) is 1. The lowest BCUT2D eigenvalue weighted by molar-refractivity contribution is 0.625. The van der Waals surface area contributed by atoms with E-state index in [0.29, 0.717) is 18.5 Å². The molecule has 0 spiro atoms. The van der Waals surface area contributed by atoms with Gasteiger partial charge >= 0.3 is 0 Å². The SMILES string of the molecule is Br.Cc1nc(CN=C(N)NC2CCCC2)cs1. The van der Waals surface area contributed by atoms with E-state index >= 15 is 0 Å². The molecule has 6 heteroatoms. The van der Waals surface area contributed by atoms with E-state index < -0.39 is 0 Å². The summed E-state index contributed by atoms with van der Waals surface area (Å²) in [5.74, 6) is 0.553. The number of aryl methyl sites for hydroxylation is 1. The number of hydrogen-bond acceptors (Lipinski definition) is 3. The molecular formula is C11H19BrN4S. The first kappa shape index (κ1) is 14.4. The summed E-state index contributed by atoms with van der Waals surface area (Å²) in [6.07, 6.45) is 5.03. The maximum atomic E-state index is 5.82. The van der Waals surface area contributed by atoms with Gasteiger partial charge in [0.05, 0.1) is 17.2 Å². The van der Waals surface area contributed by atoms with Crippen LogP contribution in [-0.4, -0.2) is 17.0 Å². The van der Waals surface area contributed by atoms with Crippen molar-refractivity contribution in [2.45, 2.75) is 45.2 Å². The monoisotopic (exact) mass is 318 g/mol. The lowest BCUT2D eigenvalue weighted by Gasteiger charge is -2.11. The quantitative estimate of drug-likeness (QED) is 0.664. The number of aromatic nitrogens is 1. The zero-order valence-electron chi connectivity index (χ0n) is 9.98. The van der Waals surface area contributed by atoms with Crippen molar-refractivity contribution in [1.82, 2.24) is 10.3 Å². The molecule has 0 radical (unpaired) electrons. The molecule has 0 aliphatic heterocycles. The highest BCUT2D eigenvalue weighted by molar-refractivity contribution is 8.93. The zero-order chi connectivity index (χ0) is 11.4. The van der Waals surface area contributed by atoms with E-state index in [4.69, 9.17) is 5.73 Å². The first-order valence-electron chi connectivity index (χ1n) is 5.71. The summed E-state index contributed by atoms with van der Waals surface area (Å²) in [4.78, 5) is 8.64. The summed E-state index contributed by atoms with van der Waals surface area (Å²) in [5, 5.41) is 6.37. The first-order valence-corrected chi connectivity index (χ1v) is 6.59. The van der Waals surface area contributed by atoms with Gasteiger partial charge in [-0.15, -0.1) is 28.3 Å². The van der Waals surface area contributed by atoms with Crippen LogP contribution >= 0.6 is 28.3 Å². The molecule has 0 bridgehead atoms. The molecule has 3 N–H and O–H groups in total. The van der Waals surface area contributed by atoms with Gasteiger partial charge in [0.2, 0.25) is 0 Å². The second-order valence-corrected chi connectivity index (χ2v) is 5.25. The van der Waals surface area contributed by atoms with Gasteiger partial charge in [0, 0.05) is 11.4 Å². The van der Waals surface area contributed by atoms with Crippen LogP contribution in [0, 0.1) is 6.92 Å². The maximum absolute atomic E-state index is 5.82. The van der Waals surface area contributed by atoms with Gasteiger partial charge in [-0.25, -0.2) is 9.98 Å². The van der Waals surface area contributed by atoms with Crippen LogP contribution in [0.2, 0.25) is 0 Å². The van der Waals surface area contributed by atoms with E-state index in [1.54, 1.807) is 11.3 Å². The summed E-state index contributed by atoms with van der Waals surface area (Å²) < 4.78 is 0. The van der Waals surface area contributed by atoms with Gasteiger partial charge in [-0.2, -0.15) is 0 Å². The Morgan fingerprint density at radius 3 is 2.88 bits per heavy atom. The van der Waals surface area contributed by atoms with Crippen LogP contribution in [0.15, 0.2) is 10.4 Å². The van der Waals surface area contributed by atoms with Gasteiger partial charge in [-0.3, -0.25) is 0 Å². The van der Waals surface area contributed by atoms with Crippen LogP contribution < -0.4 is 11.1 Å². The predicted octanol–water partition coefficient (Wildman–Crippen LogP) is 2.38. The first-order chi connectivity index (χ1) is 7.74. The Kier molecular flexibility index (Phi) is 5.91. The highest BCUT2D eigenvalue weighted by atomic mass is 79.9. The minimum Gasteiger partial charge on any atom is -0.370 e. The van der Waals surface area contributed by atoms with Crippen molar-refractivity contribution in [1.29, 1.82) is 0 Å². The summed E-state index contributed by atoms with van der Waals surface area (Å²) >= 11 is 1.65. The van der Waals surface area contributed by atoms with Crippen molar-refractivity contribution in [3.8, 4) is 0 Å². The molecule has 0 aromatic carbocycles. The average molecular weight is 319 g/mol. The molecule has 4 nitrogen and oxygen atoms in total. The largest absolute Gasteiger partial charge is 0.370 e. The third kappa shape index (κ3) is 4.63. The molecule has 0 unspecified atom stereocenters. The molecular weight excluding hydrogens is 300 g/mol. The fourth-order valence-electron chi connectivity index (χ4n) is 1.97. The molecule has 1 aromatic heterocycles. The Morgan fingerprint density at radius 1 is 1.59 bits per heavy atom. The standard InChI is InChI=1S/C11H18N4S.BrH/c1-8-14-10(7-16-8)6-13-11(12)15-9-4-2-3-5-9;/h7,9H,2-6H2,1H3,(H3,12,13,15);1H. The second-order valence-electron chi connectivity index (χ2n) is 4.19. The Morgan fingerprint density at radius 2 is 2.29 bits per heavy atom. The Labute approximate surface area is 117 Å². The van der Waals surface area contributed by atoms with Crippen molar-refractivity contribution in [3.05, 3.63) is 16.1 Å². The van der Waals surface area contributed by atoms with Gasteiger partial charge < -0.3 is 11.1 Å². The lowest BCUT2D eigenvalue weighted by Crippen LogP contribution is -2.38. The van der Waals surface area contributed by atoms with E-state index in [2.05, 4.69) is 15.3 Å². The normalized spacial score (nSPS) is 16.9. The topological polar surface area (TPSA) is 63.3 Å². The lowest BCUT2D eigenvalue weighted by atomic mass is 10.2. The van der Waals surface area contributed by atoms with Gasteiger partial charge in [-0.1, -0.05) is 12.8 Å². The summed E-state index contributed by atoms with van der Waals surface area (Å²) in [7, 11) is 0. The smallest absolute Gasteiger partial charge is 0.189 e. The fraction of sp³-hybridized carbons (Fsp3) is 0.636. The zero-order valence-corrected chi connectivity index (χ0v) is 12.5. The summed E-state index contributed by atoms with van der Waals surface area (Å²) in [6.45, 7) is 2.58. The minimum atomic E-state index is 0. The van der Waals surface area contributed by atoms with Crippen molar-refractivity contribution in [2.75, 3.05) is 0 Å². The molecule has 1 heterocycles. The van der Waals surface area contributed by atoms with E-state index in [9.17, 15) is 0 Å². The number of guanidine groups is 1. The number of halogens is 1. The summed E-state index contributed by atoms with van der Waals surface area (Å²) in [5.41, 5.74) is 6.82. The van der Waals surface area contributed by atoms with E-state index in [1.165, 1.54) is 25.7 Å². The molecule has 96 valence electrons. The van der Waals surface area contributed by atoms with Crippen molar-refractivity contribution in [3.63, 3.8) is 0 Å². The van der Waals surface area contributed by atoms with Gasteiger partial charge in [0.1, 0.15) is 0 Å². The van der Waals surface area contributed by atoms with E-state index in [1.807, 2.05) is 12.3 Å². The van der Waals surface area contributed by atoms with E-state index in [0.717, 1.165) is 10.7 Å². The van der Waals surface area contributed by atoms with Crippen LogP contribution in [0.1, 0.15) is 36.4 Å². The average Bonchev–Trinajstić information content (AvgIpc) is 2.87. The molecule has 1 aliphatic carbocycles. The highest BCUT2D eigenvalue weighted by Crippen LogP contribution is 2.17. The van der Waals surface area contributed by atoms with Gasteiger partial charge in [-0.05, 0) is 19.8 Å². The number of nitrogens with zero attached hydrogens (tertiary/aromatic N) is 2. The third-order valence-electron chi connectivity index (χ3n) is 2.79. The number of nitrogens with two attached hydrogens (primary N) is 1. The van der Waals surface area contributed by atoms with Crippen LogP contribution in [0.4, 0.5) is 0 Å². The number of thiazole rings is 1. The molecule has 1 fully saturated rings. The van der Waals surface area contributed by atoms with Gasteiger partial charge in [0.25, 0.3) is 0 Å². The molecule has 1 saturated carbocycles. The van der Waals surface area contributed by atoms with Crippen molar-refractivity contribution in [2.24, 2.45) is 10.7 Å². The number of aliphatic imine (C=N–C) groups is 1. The Balaban J connectivity index is 0.00000144. The molecule has 1 aliphatic rings. The number of rotatable bonds is 3. The number of hydrogen-bond donors (Lipinski definition) is 2. The molecule has 2 rings (SSSR count). The minimum absolute atomic E-state index is 0. The Bertz CT molecular complexity index is 371. The van der Waals surface area contributed by atoms with Crippen LogP contribution in [0.3, 0.4) is 0 Å². The second kappa shape index (κ2) is 6.96. The van der Waals surface area contributed by atoms with Crippen LogP contribution in [0.25, 0.3) is 0 Å². The van der Waals surface area contributed by atoms with Crippen molar-refractivity contribution >= 4 is 34.3 Å². The molecule has 0 saturated heterocycles. The Hall–Kier alpha value is -0.620. The van der Waals surface area contributed by atoms with E-state index in [-0.39, 0.29) is 17.0 Å². The van der Waals surface area contributed by atoms with Crippen LogP contribution in [0.5, 0.6) is 0 Å². The van der Waals surface area contributed by atoms with Crippen LogP contribution in [-0.2, 0) is 6.54 Å². The molecule has 17 heavy (non-hydrogen) atoms. The molecule has 0 amide bonds. The third-order valence-corrected chi connectivity index (χ3v) is 3.61. The van der Waals surface area contributed by atoms with Gasteiger partial charge in [0.15, 0.2) is 5.96 Å².